The van der Waals surface area contributed by atoms with E-state index in [9.17, 15) is 45.1 Å². The molecule has 2 fully saturated rings. The number of aryl methyl sites for hydroxylation is 1. The summed E-state index contributed by atoms with van der Waals surface area (Å²) >= 11 is 0. The zero-order valence-corrected chi connectivity index (χ0v) is 25.2. The van der Waals surface area contributed by atoms with E-state index in [4.69, 9.17) is 4.74 Å². The lowest BCUT2D eigenvalue weighted by atomic mass is 9.78. The van der Waals surface area contributed by atoms with Gasteiger partial charge in [0.1, 0.15) is 5.82 Å². The third-order valence-corrected chi connectivity index (χ3v) is 8.27. The number of amides is 3. The van der Waals surface area contributed by atoms with Crippen LogP contribution >= 0.6 is 0 Å². The minimum Gasteiger partial charge on any atom is -0.433 e. The summed E-state index contributed by atoms with van der Waals surface area (Å²) < 4.78 is 99.4. The molecule has 7 nitrogen and oxygen atoms in total. The monoisotopic (exact) mass is 645 g/mol. The van der Waals surface area contributed by atoms with Gasteiger partial charge in [0.25, 0.3) is 5.91 Å². The molecule has 4 rings (SSSR count). The van der Waals surface area contributed by atoms with Crippen molar-refractivity contribution in [2.24, 2.45) is 5.92 Å². The van der Waals surface area contributed by atoms with Crippen molar-refractivity contribution in [3.63, 3.8) is 0 Å². The lowest BCUT2D eigenvalue weighted by molar-refractivity contribution is -0.143. The van der Waals surface area contributed by atoms with Crippen LogP contribution in [0.4, 0.5) is 35.5 Å². The molecule has 0 aromatic heterocycles. The zero-order chi connectivity index (χ0) is 33.5. The second-order valence-electron chi connectivity index (χ2n) is 12.1. The summed E-state index contributed by atoms with van der Waals surface area (Å²) in [6.07, 6.45) is -10.0. The van der Waals surface area contributed by atoms with Gasteiger partial charge in [-0.1, -0.05) is 6.07 Å². The number of carbonyl (C=O) groups is 3. The van der Waals surface area contributed by atoms with Crippen LogP contribution in [0.2, 0.25) is 0 Å². The van der Waals surface area contributed by atoms with Crippen molar-refractivity contribution in [1.82, 2.24) is 14.7 Å². The highest BCUT2D eigenvalue weighted by Gasteiger charge is 2.47. The van der Waals surface area contributed by atoms with Crippen molar-refractivity contribution in [2.45, 2.75) is 64.0 Å². The molecule has 0 unspecified atom stereocenters. The number of ether oxygens (including phenoxy) is 1. The van der Waals surface area contributed by atoms with E-state index >= 15 is 0 Å². The molecule has 2 aromatic rings. The third-order valence-electron chi connectivity index (χ3n) is 8.27. The summed E-state index contributed by atoms with van der Waals surface area (Å²) in [5.41, 5.74) is -3.22. The van der Waals surface area contributed by atoms with Crippen LogP contribution in [0.1, 0.15) is 60.4 Å². The van der Waals surface area contributed by atoms with E-state index in [0.717, 1.165) is 9.80 Å². The quantitative estimate of drug-likeness (QED) is 0.312. The topological polar surface area (TPSA) is 70.2 Å². The number of hydrogen-bond acceptors (Lipinski definition) is 5. The molecule has 2 aliphatic rings. The minimum atomic E-state index is -5.02. The molecule has 0 bridgehead atoms. The van der Waals surface area contributed by atoms with Crippen molar-refractivity contribution in [3.05, 3.63) is 70.0 Å². The number of halogens is 7. The molecule has 45 heavy (non-hydrogen) atoms. The second-order valence-corrected chi connectivity index (χ2v) is 12.1. The number of carbonyl (C=O) groups excluding carboxylic acids is 3. The maximum absolute atomic E-state index is 14.0. The first kappa shape index (κ1) is 34.2. The van der Waals surface area contributed by atoms with E-state index in [0.29, 0.717) is 55.7 Å². The molecule has 14 heteroatoms. The van der Waals surface area contributed by atoms with Gasteiger partial charge in [-0.05, 0) is 93.7 Å². The van der Waals surface area contributed by atoms with Crippen LogP contribution in [0.3, 0.4) is 0 Å². The Morgan fingerprint density at radius 1 is 1.00 bits per heavy atom. The fourth-order valence-corrected chi connectivity index (χ4v) is 6.00. The van der Waals surface area contributed by atoms with Gasteiger partial charge in [-0.3, -0.25) is 9.59 Å². The Kier molecular flexibility index (Phi) is 9.58. The van der Waals surface area contributed by atoms with E-state index in [1.165, 1.54) is 33.0 Å². The summed E-state index contributed by atoms with van der Waals surface area (Å²) in [4.78, 5) is 42.5. The van der Waals surface area contributed by atoms with Gasteiger partial charge in [-0.25, -0.2) is 14.1 Å². The number of alkyl halides is 6. The van der Waals surface area contributed by atoms with E-state index in [1.54, 1.807) is 13.0 Å². The number of rotatable bonds is 8. The van der Waals surface area contributed by atoms with Crippen LogP contribution in [0.25, 0.3) is 0 Å². The number of piperidine rings is 1. The molecule has 246 valence electrons. The lowest BCUT2D eigenvalue weighted by Crippen LogP contribution is -2.46. The van der Waals surface area contributed by atoms with Crippen molar-refractivity contribution < 1.29 is 49.9 Å². The Labute approximate surface area is 255 Å². The Balaban J connectivity index is 1.52. The van der Waals surface area contributed by atoms with Gasteiger partial charge < -0.3 is 14.5 Å². The summed E-state index contributed by atoms with van der Waals surface area (Å²) in [6.45, 7) is 5.55. The molecule has 2 heterocycles. The smallest absolute Gasteiger partial charge is 0.417 e. The Hall–Kier alpha value is -3.68. The maximum atomic E-state index is 14.0. The van der Waals surface area contributed by atoms with Gasteiger partial charge in [0.2, 0.25) is 5.91 Å². The number of imide groups is 1. The van der Waals surface area contributed by atoms with E-state index in [-0.39, 0.29) is 18.2 Å². The largest absolute Gasteiger partial charge is 0.433 e. The molecule has 3 amide bonds. The normalized spacial score (nSPS) is 20.8. The Morgan fingerprint density at radius 2 is 1.62 bits per heavy atom. The van der Waals surface area contributed by atoms with Crippen LogP contribution in [0.15, 0.2) is 36.4 Å². The van der Waals surface area contributed by atoms with Crippen molar-refractivity contribution in [2.75, 3.05) is 33.2 Å². The first-order chi connectivity index (χ1) is 20.8. The van der Waals surface area contributed by atoms with Gasteiger partial charge in [0, 0.05) is 38.5 Å². The summed E-state index contributed by atoms with van der Waals surface area (Å²) in [5.74, 6) is -2.55. The van der Waals surface area contributed by atoms with Crippen molar-refractivity contribution >= 4 is 17.9 Å². The van der Waals surface area contributed by atoms with E-state index < -0.39 is 71.2 Å². The molecule has 0 spiro atoms. The predicted octanol–water partition coefficient (Wildman–Crippen LogP) is 6.38. The van der Waals surface area contributed by atoms with Crippen molar-refractivity contribution in [3.8, 4) is 0 Å². The molecule has 2 aliphatic heterocycles. The summed E-state index contributed by atoms with van der Waals surface area (Å²) in [5, 5.41) is 0. The SMILES string of the molecule is Cc1cc(F)ccc1[C@@H]1CN(CCCN2C(=O)OC(C)(C)C2=O)CC[C@H]1C(=O)N(C)Cc1cc(C(F)(F)F)cc(C(F)(F)F)c1. The minimum absolute atomic E-state index is 0.0395. The molecule has 0 N–H and O–H groups in total. The molecule has 0 aliphatic carbocycles. The number of cyclic esters (lactones) is 1. The fourth-order valence-electron chi connectivity index (χ4n) is 6.00. The average molecular weight is 646 g/mol. The zero-order valence-electron chi connectivity index (χ0n) is 25.2. The predicted molar refractivity (Wildman–Crippen MR) is 148 cm³/mol. The van der Waals surface area contributed by atoms with Crippen LogP contribution < -0.4 is 0 Å². The molecule has 2 aromatic carbocycles. The number of hydrogen-bond donors (Lipinski definition) is 0. The van der Waals surface area contributed by atoms with Gasteiger partial charge in [0.15, 0.2) is 5.60 Å². The number of nitrogens with zero attached hydrogens (tertiary/aromatic N) is 3. The van der Waals surface area contributed by atoms with Crippen LogP contribution in [-0.4, -0.2) is 71.4 Å². The van der Waals surface area contributed by atoms with Crippen LogP contribution in [0.5, 0.6) is 0 Å². The molecule has 2 atom stereocenters. The van der Waals surface area contributed by atoms with Crippen LogP contribution in [-0.2, 0) is 33.2 Å². The van der Waals surface area contributed by atoms with Crippen molar-refractivity contribution in [1.29, 1.82) is 0 Å². The van der Waals surface area contributed by atoms with E-state index in [1.807, 2.05) is 4.90 Å². The first-order valence-corrected chi connectivity index (χ1v) is 14.3. The highest BCUT2D eigenvalue weighted by Crippen LogP contribution is 2.38. The fraction of sp³-hybridized carbons (Fsp3) is 0.516. The molecular formula is C31H34F7N3O4. The standard InChI is InChI=1S/C31H34F7N3O4/c1-18-12-22(32)6-7-23(18)25-17-40(9-5-10-41-27(43)29(2,3)45-28(41)44)11-8-24(25)26(42)39(4)16-19-13-20(30(33,34)35)15-21(14-19)31(36,37)38/h6-7,12-15,24-25H,5,8-11,16-17H2,1-4H3/t24-,25+/m1/s1. The van der Waals surface area contributed by atoms with Gasteiger partial charge >= 0.3 is 18.4 Å². The third kappa shape index (κ3) is 7.77. The maximum Gasteiger partial charge on any atom is 0.417 e. The first-order valence-electron chi connectivity index (χ1n) is 14.3. The molecule has 2 saturated heterocycles. The second kappa shape index (κ2) is 12.6. The average Bonchev–Trinajstić information content (AvgIpc) is 3.12. The van der Waals surface area contributed by atoms with Crippen LogP contribution in [0, 0.1) is 18.7 Å². The van der Waals surface area contributed by atoms with Gasteiger partial charge in [-0.2, -0.15) is 26.3 Å². The Bertz CT molecular complexity index is 1430. The molecular weight excluding hydrogens is 611 g/mol. The number of benzene rings is 2. The summed E-state index contributed by atoms with van der Waals surface area (Å²) in [7, 11) is 1.32. The molecule has 0 radical (unpaired) electrons. The highest BCUT2D eigenvalue weighted by molar-refractivity contribution is 6.02. The van der Waals surface area contributed by atoms with E-state index in [2.05, 4.69) is 0 Å². The molecule has 0 saturated carbocycles. The number of likely N-dealkylation sites (tertiary alicyclic amines) is 1. The van der Waals surface area contributed by atoms with Gasteiger partial charge in [0.05, 0.1) is 11.1 Å². The highest BCUT2D eigenvalue weighted by atomic mass is 19.4. The van der Waals surface area contributed by atoms with Gasteiger partial charge in [-0.15, -0.1) is 0 Å². The lowest BCUT2D eigenvalue weighted by Gasteiger charge is -2.40. The Morgan fingerprint density at radius 3 is 2.16 bits per heavy atom. The summed E-state index contributed by atoms with van der Waals surface area (Å²) in [6, 6.07) is 5.41.